The molecule has 1 aromatic heterocycles. The Hall–Kier alpha value is -2.18. The number of hydrogen-bond donors (Lipinski definition) is 2. The van der Waals surface area contributed by atoms with E-state index in [1.807, 2.05) is 0 Å². The predicted octanol–water partition coefficient (Wildman–Crippen LogP) is 2.65. The average Bonchev–Trinajstić information content (AvgIpc) is 2.70. The Morgan fingerprint density at radius 3 is 2.53 bits per heavy atom. The summed E-state index contributed by atoms with van der Waals surface area (Å²) in [6.07, 6.45) is -3.74. The standard InChI is InChI=1S/C10H7F3N2O2/c11-10(12,13)9-15-7(4-17-9)5-1-2-8(16)6(14)3-5/h1-4,16H,14H2. The van der Waals surface area contributed by atoms with E-state index in [2.05, 4.69) is 9.40 Å². The van der Waals surface area contributed by atoms with Crippen LogP contribution in [0.3, 0.4) is 0 Å². The Morgan fingerprint density at radius 2 is 2.00 bits per heavy atom. The first-order chi connectivity index (χ1) is 7.88. The van der Waals surface area contributed by atoms with E-state index < -0.39 is 12.1 Å². The first kappa shape index (κ1) is 11.3. The van der Waals surface area contributed by atoms with Gasteiger partial charge in [-0.3, -0.25) is 0 Å². The lowest BCUT2D eigenvalue weighted by Gasteiger charge is -2.01. The topological polar surface area (TPSA) is 72.3 Å². The fourth-order valence-electron chi connectivity index (χ4n) is 1.25. The van der Waals surface area contributed by atoms with Crippen LogP contribution in [-0.4, -0.2) is 10.1 Å². The summed E-state index contributed by atoms with van der Waals surface area (Å²) in [6, 6.07) is 3.98. The van der Waals surface area contributed by atoms with Gasteiger partial charge in [-0.2, -0.15) is 13.2 Å². The molecule has 0 amide bonds. The normalized spacial score (nSPS) is 11.7. The molecule has 4 nitrogen and oxygen atoms in total. The van der Waals surface area contributed by atoms with Crippen LogP contribution in [0.1, 0.15) is 5.89 Å². The van der Waals surface area contributed by atoms with E-state index in [-0.39, 0.29) is 17.1 Å². The predicted molar refractivity (Wildman–Crippen MR) is 53.0 cm³/mol. The zero-order chi connectivity index (χ0) is 12.6. The maximum atomic E-state index is 12.2. The molecular formula is C10H7F3N2O2. The minimum absolute atomic E-state index is 0.00373. The van der Waals surface area contributed by atoms with E-state index in [0.717, 1.165) is 6.26 Å². The Balaban J connectivity index is 2.40. The SMILES string of the molecule is Nc1cc(-c2coc(C(F)(F)F)n2)ccc1O. The second-order valence-corrected chi connectivity index (χ2v) is 3.31. The van der Waals surface area contributed by atoms with Crippen LogP contribution in [0.2, 0.25) is 0 Å². The molecule has 90 valence electrons. The van der Waals surface area contributed by atoms with Gasteiger partial charge >= 0.3 is 12.1 Å². The average molecular weight is 244 g/mol. The Kier molecular flexibility index (Phi) is 2.45. The minimum Gasteiger partial charge on any atom is -0.506 e. The number of aromatic nitrogens is 1. The highest BCUT2D eigenvalue weighted by Crippen LogP contribution is 2.32. The Labute approximate surface area is 93.5 Å². The maximum absolute atomic E-state index is 12.2. The summed E-state index contributed by atoms with van der Waals surface area (Å²) < 4.78 is 41.0. The summed E-state index contributed by atoms with van der Waals surface area (Å²) in [5.41, 5.74) is 5.81. The number of rotatable bonds is 1. The lowest BCUT2D eigenvalue weighted by Crippen LogP contribution is -2.04. The van der Waals surface area contributed by atoms with Crippen LogP contribution < -0.4 is 5.73 Å². The fourth-order valence-corrected chi connectivity index (χ4v) is 1.25. The van der Waals surface area contributed by atoms with E-state index in [1.54, 1.807) is 0 Å². The van der Waals surface area contributed by atoms with Gasteiger partial charge in [0.1, 0.15) is 17.7 Å². The van der Waals surface area contributed by atoms with Gasteiger partial charge in [0, 0.05) is 5.56 Å². The number of nitrogen functional groups attached to an aromatic ring is 1. The number of halogens is 3. The second-order valence-electron chi connectivity index (χ2n) is 3.31. The molecule has 17 heavy (non-hydrogen) atoms. The summed E-state index contributed by atoms with van der Waals surface area (Å²) in [5, 5.41) is 9.18. The number of phenols is 1. The van der Waals surface area contributed by atoms with Gasteiger partial charge < -0.3 is 15.3 Å². The third-order valence-electron chi connectivity index (χ3n) is 2.07. The zero-order valence-electron chi connectivity index (χ0n) is 8.32. The van der Waals surface area contributed by atoms with Crippen molar-refractivity contribution in [3.05, 3.63) is 30.4 Å². The Bertz CT molecular complexity index is 549. The molecule has 2 aromatic rings. The van der Waals surface area contributed by atoms with Crippen LogP contribution in [0, 0.1) is 0 Å². The van der Waals surface area contributed by atoms with Crippen molar-refractivity contribution in [2.24, 2.45) is 0 Å². The van der Waals surface area contributed by atoms with Gasteiger partial charge in [0.2, 0.25) is 0 Å². The lowest BCUT2D eigenvalue weighted by molar-refractivity contribution is -0.157. The summed E-state index contributed by atoms with van der Waals surface area (Å²) in [5.74, 6) is -1.47. The number of hydrogen-bond acceptors (Lipinski definition) is 4. The summed E-state index contributed by atoms with van der Waals surface area (Å²) in [7, 11) is 0. The van der Waals surface area contributed by atoms with Gasteiger partial charge in [-0.05, 0) is 18.2 Å². The molecule has 0 aliphatic rings. The minimum atomic E-state index is -4.62. The molecule has 3 N–H and O–H groups in total. The van der Waals surface area contributed by atoms with Gasteiger partial charge in [0.25, 0.3) is 0 Å². The highest BCUT2D eigenvalue weighted by Gasteiger charge is 2.37. The highest BCUT2D eigenvalue weighted by atomic mass is 19.4. The molecule has 7 heteroatoms. The molecule has 0 saturated heterocycles. The van der Waals surface area contributed by atoms with E-state index in [0.29, 0.717) is 5.56 Å². The van der Waals surface area contributed by atoms with E-state index in [4.69, 9.17) is 5.73 Å². The van der Waals surface area contributed by atoms with Gasteiger partial charge in [-0.25, -0.2) is 4.98 Å². The molecule has 0 bridgehead atoms. The maximum Gasteiger partial charge on any atom is 0.468 e. The third-order valence-corrected chi connectivity index (χ3v) is 2.07. The van der Waals surface area contributed by atoms with Crippen molar-refractivity contribution in [2.45, 2.75) is 6.18 Å². The molecule has 0 saturated carbocycles. The molecule has 0 unspecified atom stereocenters. The van der Waals surface area contributed by atoms with Crippen LogP contribution >= 0.6 is 0 Å². The number of phenolic OH excluding ortho intramolecular Hbond substituents is 1. The van der Waals surface area contributed by atoms with Crippen LogP contribution in [0.5, 0.6) is 5.75 Å². The molecule has 0 fully saturated rings. The molecule has 0 aliphatic heterocycles. The van der Waals surface area contributed by atoms with Crippen molar-refractivity contribution in [3.63, 3.8) is 0 Å². The van der Waals surface area contributed by atoms with Crippen molar-refractivity contribution >= 4 is 5.69 Å². The van der Waals surface area contributed by atoms with Crippen molar-refractivity contribution < 1.29 is 22.7 Å². The molecule has 0 radical (unpaired) electrons. The van der Waals surface area contributed by atoms with Gasteiger partial charge in [0.15, 0.2) is 0 Å². The van der Waals surface area contributed by atoms with Crippen molar-refractivity contribution in [1.29, 1.82) is 0 Å². The molecule has 1 aromatic carbocycles. The smallest absolute Gasteiger partial charge is 0.468 e. The number of benzene rings is 1. The molecule has 1 heterocycles. The van der Waals surface area contributed by atoms with Crippen molar-refractivity contribution in [1.82, 2.24) is 4.98 Å². The molecule has 0 aliphatic carbocycles. The number of alkyl halides is 3. The van der Waals surface area contributed by atoms with Gasteiger partial charge in [-0.15, -0.1) is 0 Å². The molecular weight excluding hydrogens is 237 g/mol. The quantitative estimate of drug-likeness (QED) is 0.597. The fraction of sp³-hybridized carbons (Fsp3) is 0.100. The van der Waals surface area contributed by atoms with Crippen LogP contribution in [0.4, 0.5) is 18.9 Å². The number of anilines is 1. The number of nitrogens with zero attached hydrogens (tertiary/aromatic N) is 1. The van der Waals surface area contributed by atoms with Crippen molar-refractivity contribution in [3.8, 4) is 17.0 Å². The second kappa shape index (κ2) is 3.69. The first-order valence-electron chi connectivity index (χ1n) is 4.49. The lowest BCUT2D eigenvalue weighted by atomic mass is 10.1. The van der Waals surface area contributed by atoms with Gasteiger partial charge in [-0.1, -0.05) is 0 Å². The number of oxazole rings is 1. The van der Waals surface area contributed by atoms with Gasteiger partial charge in [0.05, 0.1) is 5.69 Å². The molecule has 0 spiro atoms. The third kappa shape index (κ3) is 2.17. The number of nitrogens with two attached hydrogens (primary N) is 1. The van der Waals surface area contributed by atoms with E-state index in [1.165, 1.54) is 18.2 Å². The molecule has 0 atom stereocenters. The summed E-state index contributed by atoms with van der Waals surface area (Å²) >= 11 is 0. The first-order valence-corrected chi connectivity index (χ1v) is 4.49. The highest BCUT2D eigenvalue weighted by molar-refractivity contribution is 5.67. The number of aromatic hydroxyl groups is 1. The monoisotopic (exact) mass is 244 g/mol. The van der Waals surface area contributed by atoms with Crippen LogP contribution in [-0.2, 0) is 6.18 Å². The Morgan fingerprint density at radius 1 is 1.29 bits per heavy atom. The zero-order valence-corrected chi connectivity index (χ0v) is 8.32. The summed E-state index contributed by atoms with van der Waals surface area (Å²) in [6.45, 7) is 0. The van der Waals surface area contributed by atoms with Crippen molar-refractivity contribution in [2.75, 3.05) is 5.73 Å². The van der Waals surface area contributed by atoms with E-state index in [9.17, 15) is 18.3 Å². The molecule has 2 rings (SSSR count). The van der Waals surface area contributed by atoms with Crippen LogP contribution in [0.25, 0.3) is 11.3 Å². The summed E-state index contributed by atoms with van der Waals surface area (Å²) in [4.78, 5) is 3.29. The van der Waals surface area contributed by atoms with E-state index >= 15 is 0 Å². The largest absolute Gasteiger partial charge is 0.506 e. The van der Waals surface area contributed by atoms with Crippen LogP contribution in [0.15, 0.2) is 28.9 Å².